The fraction of sp³-hybridized carbons (Fsp3) is 0.200. The summed E-state index contributed by atoms with van der Waals surface area (Å²) >= 11 is 0. The molecule has 0 spiro atoms. The van der Waals surface area contributed by atoms with Crippen LogP contribution in [0.2, 0.25) is 0 Å². The van der Waals surface area contributed by atoms with Crippen LogP contribution in [0.25, 0.3) is 0 Å². The average molecular weight is 298 g/mol. The number of hydrogen-bond acceptors (Lipinski definition) is 3. The highest BCUT2D eigenvalue weighted by atomic mass is 19.4. The summed E-state index contributed by atoms with van der Waals surface area (Å²) in [6.07, 6.45) is -4.47. The zero-order valence-electron chi connectivity index (χ0n) is 11.1. The summed E-state index contributed by atoms with van der Waals surface area (Å²) in [6.45, 7) is -0.0926. The number of rotatable bonds is 4. The minimum absolute atomic E-state index is 0.0926. The van der Waals surface area contributed by atoms with Crippen molar-refractivity contribution in [3.05, 3.63) is 53.6 Å². The number of phenolic OH excluding ortho intramolecular Hbond substituents is 1. The number of halogens is 3. The smallest absolute Gasteiger partial charge is 0.419 e. The Balaban J connectivity index is 2.15. The molecule has 0 aliphatic heterocycles. The van der Waals surface area contributed by atoms with Crippen LogP contribution < -0.4 is 9.47 Å². The molecule has 0 aliphatic carbocycles. The fourth-order valence-electron chi connectivity index (χ4n) is 1.81. The molecule has 0 fully saturated rings. The van der Waals surface area contributed by atoms with Gasteiger partial charge in [-0.2, -0.15) is 13.2 Å². The lowest BCUT2D eigenvalue weighted by atomic mass is 10.2. The van der Waals surface area contributed by atoms with Crippen LogP contribution in [0.3, 0.4) is 0 Å². The van der Waals surface area contributed by atoms with Crippen LogP contribution >= 0.6 is 0 Å². The lowest BCUT2D eigenvalue weighted by Crippen LogP contribution is -2.08. The van der Waals surface area contributed by atoms with Crippen molar-refractivity contribution in [2.75, 3.05) is 7.11 Å². The molecular weight excluding hydrogens is 285 g/mol. The van der Waals surface area contributed by atoms with E-state index >= 15 is 0 Å². The highest BCUT2D eigenvalue weighted by Gasteiger charge is 2.33. The van der Waals surface area contributed by atoms with Crippen LogP contribution in [0.4, 0.5) is 13.2 Å². The maximum Gasteiger partial charge on any atom is 0.419 e. The summed E-state index contributed by atoms with van der Waals surface area (Å²) in [6, 6.07) is 9.49. The summed E-state index contributed by atoms with van der Waals surface area (Å²) in [5.74, 6) is -0.0579. The van der Waals surface area contributed by atoms with Gasteiger partial charge in [-0.25, -0.2) is 0 Å². The molecule has 0 amide bonds. The van der Waals surface area contributed by atoms with Gasteiger partial charge < -0.3 is 14.6 Å². The van der Waals surface area contributed by atoms with Crippen LogP contribution in [0.15, 0.2) is 42.5 Å². The number of alkyl halides is 3. The van der Waals surface area contributed by atoms with E-state index in [2.05, 4.69) is 0 Å². The van der Waals surface area contributed by atoms with Crippen molar-refractivity contribution in [1.82, 2.24) is 0 Å². The van der Waals surface area contributed by atoms with Gasteiger partial charge >= 0.3 is 6.18 Å². The van der Waals surface area contributed by atoms with E-state index in [0.29, 0.717) is 5.56 Å². The molecule has 0 aromatic heterocycles. The predicted molar refractivity (Wildman–Crippen MR) is 70.4 cm³/mol. The number of methoxy groups -OCH3 is 1. The van der Waals surface area contributed by atoms with Gasteiger partial charge in [0, 0.05) is 0 Å². The molecule has 2 aromatic carbocycles. The highest BCUT2D eigenvalue weighted by molar-refractivity contribution is 5.42. The van der Waals surface area contributed by atoms with Gasteiger partial charge in [0.1, 0.15) is 12.4 Å². The molecule has 21 heavy (non-hydrogen) atoms. The minimum atomic E-state index is -4.47. The monoisotopic (exact) mass is 298 g/mol. The van der Waals surface area contributed by atoms with E-state index in [9.17, 15) is 18.3 Å². The number of aromatic hydroxyl groups is 1. The van der Waals surface area contributed by atoms with Crippen molar-refractivity contribution in [1.29, 1.82) is 0 Å². The van der Waals surface area contributed by atoms with Gasteiger partial charge in [0.2, 0.25) is 0 Å². The third-order valence-electron chi connectivity index (χ3n) is 2.83. The van der Waals surface area contributed by atoms with Gasteiger partial charge in [0.05, 0.1) is 12.7 Å². The molecule has 0 saturated heterocycles. The number of hydrogen-bond donors (Lipinski definition) is 1. The van der Waals surface area contributed by atoms with Crippen molar-refractivity contribution in [3.8, 4) is 17.2 Å². The first-order valence-corrected chi connectivity index (χ1v) is 6.06. The van der Waals surface area contributed by atoms with Crippen molar-refractivity contribution in [3.63, 3.8) is 0 Å². The van der Waals surface area contributed by atoms with E-state index < -0.39 is 11.7 Å². The lowest BCUT2D eigenvalue weighted by molar-refractivity contribution is -0.139. The first-order chi connectivity index (χ1) is 9.91. The molecule has 2 aromatic rings. The average Bonchev–Trinajstić information content (AvgIpc) is 2.44. The van der Waals surface area contributed by atoms with Crippen LogP contribution in [-0.4, -0.2) is 12.2 Å². The van der Waals surface area contributed by atoms with Crippen LogP contribution in [0.5, 0.6) is 17.2 Å². The second-order valence-electron chi connectivity index (χ2n) is 4.29. The number of phenols is 1. The van der Waals surface area contributed by atoms with E-state index in [0.717, 1.165) is 6.07 Å². The lowest BCUT2D eigenvalue weighted by Gasteiger charge is -2.14. The van der Waals surface area contributed by atoms with Gasteiger partial charge in [-0.3, -0.25) is 0 Å². The second-order valence-corrected chi connectivity index (χ2v) is 4.29. The Morgan fingerprint density at radius 2 is 1.76 bits per heavy atom. The molecule has 1 N–H and O–H groups in total. The van der Waals surface area contributed by atoms with Gasteiger partial charge in [-0.15, -0.1) is 0 Å². The second kappa shape index (κ2) is 5.95. The van der Waals surface area contributed by atoms with Crippen molar-refractivity contribution >= 4 is 0 Å². The van der Waals surface area contributed by atoms with E-state index in [4.69, 9.17) is 9.47 Å². The van der Waals surface area contributed by atoms with Crippen LogP contribution in [-0.2, 0) is 12.8 Å². The standard InChI is InChI=1S/C15H13F3O3/c1-20-14-7-6-10(8-12(14)19)9-21-13-5-3-2-4-11(13)15(16,17)18/h2-8,19H,9H2,1H3. The molecule has 2 rings (SSSR count). The van der Waals surface area contributed by atoms with Gasteiger partial charge in [-0.1, -0.05) is 18.2 Å². The van der Waals surface area contributed by atoms with Gasteiger partial charge in [-0.05, 0) is 29.8 Å². The first-order valence-electron chi connectivity index (χ1n) is 6.06. The van der Waals surface area contributed by atoms with E-state index in [1.54, 1.807) is 6.07 Å². The van der Waals surface area contributed by atoms with E-state index in [1.165, 1.54) is 37.4 Å². The molecule has 0 radical (unpaired) electrons. The topological polar surface area (TPSA) is 38.7 Å². The Morgan fingerprint density at radius 3 is 2.38 bits per heavy atom. The Bertz CT molecular complexity index is 624. The number of para-hydroxylation sites is 1. The maximum atomic E-state index is 12.8. The van der Waals surface area contributed by atoms with Crippen LogP contribution in [0.1, 0.15) is 11.1 Å². The predicted octanol–water partition coefficient (Wildman–Crippen LogP) is 4.00. The fourth-order valence-corrected chi connectivity index (χ4v) is 1.81. The SMILES string of the molecule is COc1ccc(COc2ccccc2C(F)(F)F)cc1O. The molecule has 112 valence electrons. The molecule has 0 heterocycles. The summed E-state index contributed by atoms with van der Waals surface area (Å²) in [5.41, 5.74) is -0.298. The van der Waals surface area contributed by atoms with Crippen molar-refractivity contribution < 1.29 is 27.8 Å². The third-order valence-corrected chi connectivity index (χ3v) is 2.83. The summed E-state index contributed by atoms with van der Waals surface area (Å²) < 4.78 is 48.5. The number of ether oxygens (including phenoxy) is 2. The molecule has 0 unspecified atom stereocenters. The molecule has 0 aliphatic rings. The van der Waals surface area contributed by atoms with Gasteiger partial charge in [0.15, 0.2) is 11.5 Å². The van der Waals surface area contributed by atoms with Gasteiger partial charge in [0.25, 0.3) is 0 Å². The molecule has 0 atom stereocenters. The third kappa shape index (κ3) is 3.59. The maximum absolute atomic E-state index is 12.8. The Hall–Kier alpha value is -2.37. The molecule has 0 bridgehead atoms. The van der Waals surface area contributed by atoms with Crippen molar-refractivity contribution in [2.24, 2.45) is 0 Å². The Morgan fingerprint density at radius 1 is 1.05 bits per heavy atom. The molecule has 0 saturated carbocycles. The van der Waals surface area contributed by atoms with E-state index in [-0.39, 0.29) is 23.9 Å². The molecule has 3 nitrogen and oxygen atoms in total. The summed E-state index contributed by atoms with van der Waals surface area (Å²) in [7, 11) is 1.41. The first kappa shape index (κ1) is 15.0. The van der Waals surface area contributed by atoms with E-state index in [1.807, 2.05) is 0 Å². The Kier molecular flexibility index (Phi) is 4.26. The Labute approximate surface area is 119 Å². The largest absolute Gasteiger partial charge is 0.504 e. The minimum Gasteiger partial charge on any atom is -0.504 e. The quantitative estimate of drug-likeness (QED) is 0.927. The number of benzene rings is 2. The zero-order chi connectivity index (χ0) is 15.5. The summed E-state index contributed by atoms with van der Waals surface area (Å²) in [5, 5.41) is 9.61. The normalized spacial score (nSPS) is 11.2. The van der Waals surface area contributed by atoms with Crippen LogP contribution in [0, 0.1) is 0 Å². The van der Waals surface area contributed by atoms with Crippen molar-refractivity contribution in [2.45, 2.75) is 12.8 Å². The summed E-state index contributed by atoms with van der Waals surface area (Å²) in [4.78, 5) is 0. The molecular formula is C15H13F3O3. The highest BCUT2D eigenvalue weighted by Crippen LogP contribution is 2.36. The molecule has 6 heteroatoms. The zero-order valence-corrected chi connectivity index (χ0v) is 11.1.